The third kappa shape index (κ3) is 3.36. The second-order valence-electron chi connectivity index (χ2n) is 4.95. The molecule has 9 heteroatoms. The van der Waals surface area contributed by atoms with Crippen molar-refractivity contribution in [1.29, 1.82) is 0 Å². The number of rotatable bonds is 3. The van der Waals surface area contributed by atoms with Crippen molar-refractivity contribution in [2.45, 2.75) is 4.90 Å². The fraction of sp³-hybridized carbons (Fsp3) is 0. The maximum absolute atomic E-state index is 13.6. The Balaban J connectivity index is 2.04. The Kier molecular flexibility index (Phi) is 4.48. The monoisotopic (exact) mass is 429 g/mol. The Morgan fingerprint density at radius 1 is 1.17 bits per heavy atom. The number of nitrogens with one attached hydrogen (secondary N) is 1. The molecule has 24 heavy (non-hydrogen) atoms. The molecular weight excluding hydrogens is 421 g/mol. The molecule has 0 saturated carbocycles. The number of benzene rings is 2. The number of hydrogen-bond donors (Lipinski definition) is 2. The molecule has 124 valence electrons. The third-order valence-electron chi connectivity index (χ3n) is 3.30. The summed E-state index contributed by atoms with van der Waals surface area (Å²) in [5.74, 6) is 0.00921. The van der Waals surface area contributed by atoms with Gasteiger partial charge in [-0.05, 0) is 46.3 Å². The highest BCUT2D eigenvalue weighted by atomic mass is 79.9. The first-order chi connectivity index (χ1) is 11.3. The lowest BCUT2D eigenvalue weighted by molar-refractivity contribution is 0.598. The number of aromatic nitrogens is 2. The van der Waals surface area contributed by atoms with Crippen LogP contribution >= 0.6 is 27.5 Å². The van der Waals surface area contributed by atoms with Crippen LogP contribution < -0.4 is 5.14 Å². The number of primary sulfonamides is 1. The van der Waals surface area contributed by atoms with Gasteiger partial charge < -0.3 is 4.98 Å². The molecule has 2 aromatic carbocycles. The van der Waals surface area contributed by atoms with Gasteiger partial charge in [-0.3, -0.25) is 0 Å². The van der Waals surface area contributed by atoms with Crippen LogP contribution in [-0.4, -0.2) is 18.4 Å². The molecule has 0 unspecified atom stereocenters. The van der Waals surface area contributed by atoms with E-state index in [9.17, 15) is 12.8 Å². The van der Waals surface area contributed by atoms with E-state index in [0.717, 1.165) is 0 Å². The summed E-state index contributed by atoms with van der Waals surface area (Å²) >= 11 is 8.96. The van der Waals surface area contributed by atoms with Crippen molar-refractivity contribution < 1.29 is 12.8 Å². The summed E-state index contributed by atoms with van der Waals surface area (Å²) in [6.45, 7) is 0. The van der Waals surface area contributed by atoms with E-state index in [4.69, 9.17) is 16.7 Å². The van der Waals surface area contributed by atoms with E-state index in [1.807, 2.05) is 0 Å². The Hall–Kier alpha value is -1.74. The summed E-state index contributed by atoms with van der Waals surface area (Å²) in [6.07, 6.45) is 1.60. The van der Waals surface area contributed by atoms with Crippen LogP contribution in [0.4, 0.5) is 4.39 Å². The smallest absolute Gasteiger partial charge is 0.239 e. The van der Waals surface area contributed by atoms with Gasteiger partial charge in [0.1, 0.15) is 16.5 Å². The number of hydrogen-bond acceptors (Lipinski definition) is 3. The fourth-order valence-electron chi connectivity index (χ4n) is 2.14. The van der Waals surface area contributed by atoms with Crippen LogP contribution in [0.25, 0.3) is 22.6 Å². The molecule has 1 aromatic heterocycles. The van der Waals surface area contributed by atoms with Gasteiger partial charge in [0, 0.05) is 17.3 Å². The molecule has 0 amide bonds. The van der Waals surface area contributed by atoms with E-state index in [1.54, 1.807) is 24.4 Å². The van der Waals surface area contributed by atoms with Crippen molar-refractivity contribution in [3.8, 4) is 22.6 Å². The minimum atomic E-state index is -3.95. The highest BCUT2D eigenvalue weighted by Gasteiger charge is 2.16. The molecule has 0 spiro atoms. The Morgan fingerprint density at radius 3 is 2.54 bits per heavy atom. The zero-order chi connectivity index (χ0) is 17.5. The summed E-state index contributed by atoms with van der Waals surface area (Å²) in [5, 5.41) is 5.17. The zero-order valence-corrected chi connectivity index (χ0v) is 15.1. The predicted molar refractivity (Wildman–Crippen MR) is 93.5 cm³/mol. The number of nitrogens with two attached hydrogens (primary N) is 1. The van der Waals surface area contributed by atoms with Gasteiger partial charge in [0.2, 0.25) is 10.0 Å². The van der Waals surface area contributed by atoms with E-state index < -0.39 is 15.8 Å². The first-order valence-corrected chi connectivity index (χ1v) is 9.31. The molecule has 3 aromatic rings. The molecule has 0 radical (unpaired) electrons. The molecule has 0 aliphatic heterocycles. The average molecular weight is 431 g/mol. The predicted octanol–water partition coefficient (Wildman–Crippen LogP) is 3.95. The summed E-state index contributed by atoms with van der Waals surface area (Å²) < 4.78 is 37.1. The maximum atomic E-state index is 13.6. The number of H-pyrrole nitrogens is 1. The zero-order valence-electron chi connectivity index (χ0n) is 11.9. The molecule has 0 saturated heterocycles. The Bertz CT molecular complexity index is 1040. The standard InChI is InChI=1S/C15H10BrClFN3O2S/c16-10-3-1-8(5-12(10)18)13-7-20-15(21-13)9-2-4-11(17)14(6-9)24(19,22)23/h1-7H,(H,20,21)(H2,19,22,23). The number of sulfonamides is 1. The lowest BCUT2D eigenvalue weighted by Crippen LogP contribution is -2.12. The number of halogens is 3. The molecule has 5 nitrogen and oxygen atoms in total. The molecule has 0 atom stereocenters. The normalized spacial score (nSPS) is 11.7. The number of imidazole rings is 1. The highest BCUT2D eigenvalue weighted by molar-refractivity contribution is 9.10. The van der Waals surface area contributed by atoms with E-state index in [0.29, 0.717) is 27.1 Å². The first kappa shape index (κ1) is 17.1. The van der Waals surface area contributed by atoms with Crippen LogP contribution in [0.2, 0.25) is 5.02 Å². The molecule has 3 rings (SSSR count). The minimum absolute atomic E-state index is 0.0306. The number of nitrogens with zero attached hydrogens (tertiary/aromatic N) is 1. The van der Waals surface area contributed by atoms with Crippen LogP contribution in [0.1, 0.15) is 0 Å². The van der Waals surface area contributed by atoms with Crippen molar-refractivity contribution in [1.82, 2.24) is 9.97 Å². The lowest BCUT2D eigenvalue weighted by atomic mass is 10.2. The average Bonchev–Trinajstić information content (AvgIpc) is 2.99. The quantitative estimate of drug-likeness (QED) is 0.659. The van der Waals surface area contributed by atoms with Gasteiger partial charge in [-0.2, -0.15) is 0 Å². The molecule has 0 bridgehead atoms. The van der Waals surface area contributed by atoms with Gasteiger partial charge in [-0.15, -0.1) is 0 Å². The summed E-state index contributed by atoms with van der Waals surface area (Å²) in [7, 11) is -3.95. The molecule has 0 aliphatic rings. The largest absolute Gasteiger partial charge is 0.344 e. The van der Waals surface area contributed by atoms with Gasteiger partial charge in [0.15, 0.2) is 0 Å². The fourth-order valence-corrected chi connectivity index (χ4v) is 3.46. The topological polar surface area (TPSA) is 88.8 Å². The molecule has 0 fully saturated rings. The Morgan fingerprint density at radius 2 is 1.88 bits per heavy atom. The Labute approximate surface area is 150 Å². The van der Waals surface area contributed by atoms with Gasteiger partial charge in [-0.1, -0.05) is 17.7 Å². The molecule has 1 heterocycles. The van der Waals surface area contributed by atoms with E-state index in [1.165, 1.54) is 18.2 Å². The minimum Gasteiger partial charge on any atom is -0.344 e. The van der Waals surface area contributed by atoms with Crippen LogP contribution in [-0.2, 0) is 10.0 Å². The van der Waals surface area contributed by atoms with Crippen molar-refractivity contribution in [3.63, 3.8) is 0 Å². The van der Waals surface area contributed by atoms with Crippen LogP contribution in [0.5, 0.6) is 0 Å². The van der Waals surface area contributed by atoms with Crippen LogP contribution in [0.15, 0.2) is 52.0 Å². The maximum Gasteiger partial charge on any atom is 0.239 e. The van der Waals surface area contributed by atoms with Crippen LogP contribution in [0, 0.1) is 5.82 Å². The summed E-state index contributed by atoms with van der Waals surface area (Å²) in [5.41, 5.74) is 1.59. The SMILES string of the molecule is NS(=O)(=O)c1cc(-c2nc(-c3ccc(Br)c(F)c3)c[nH]2)ccc1Cl. The van der Waals surface area contributed by atoms with Gasteiger partial charge >= 0.3 is 0 Å². The molecule has 0 aliphatic carbocycles. The van der Waals surface area contributed by atoms with E-state index in [-0.39, 0.29) is 9.92 Å². The van der Waals surface area contributed by atoms with Crippen LogP contribution in [0.3, 0.4) is 0 Å². The van der Waals surface area contributed by atoms with Crippen molar-refractivity contribution in [2.24, 2.45) is 5.14 Å². The molecule has 3 N–H and O–H groups in total. The van der Waals surface area contributed by atoms with E-state index in [2.05, 4.69) is 25.9 Å². The van der Waals surface area contributed by atoms with Crippen molar-refractivity contribution in [3.05, 3.63) is 57.9 Å². The van der Waals surface area contributed by atoms with Gasteiger partial charge in [0.05, 0.1) is 15.2 Å². The van der Waals surface area contributed by atoms with Gasteiger partial charge in [0.25, 0.3) is 0 Å². The first-order valence-electron chi connectivity index (χ1n) is 6.59. The number of aromatic amines is 1. The van der Waals surface area contributed by atoms with E-state index >= 15 is 0 Å². The highest BCUT2D eigenvalue weighted by Crippen LogP contribution is 2.28. The second kappa shape index (κ2) is 6.29. The van der Waals surface area contributed by atoms with Crippen molar-refractivity contribution in [2.75, 3.05) is 0 Å². The summed E-state index contributed by atoms with van der Waals surface area (Å²) in [6, 6.07) is 9.02. The van der Waals surface area contributed by atoms with Crippen molar-refractivity contribution >= 4 is 37.6 Å². The molecular formula is C15H10BrClFN3O2S. The van der Waals surface area contributed by atoms with Gasteiger partial charge in [-0.25, -0.2) is 22.9 Å². The summed E-state index contributed by atoms with van der Waals surface area (Å²) in [4.78, 5) is 7.10. The second-order valence-corrected chi connectivity index (χ2v) is 7.74. The lowest BCUT2D eigenvalue weighted by Gasteiger charge is -2.04. The third-order valence-corrected chi connectivity index (χ3v) is 5.34.